The SMILES string of the molecule is CC(=O)O[C@H]1CC[C@]2(C)O[C@@H](O)[C@]1(C)[C@H]2CCC12C3=[N+]([O-])C4C(CC[C@@]45CCC[C@@H]15)C2(C)CC[C@@H]3C(C)C. The normalized spacial score (nSPS) is 56.1. The zero-order chi connectivity index (χ0) is 27.0. The fourth-order valence-electron chi connectivity index (χ4n) is 13.0. The number of aliphatic hydroxyl groups is 1. The number of aliphatic hydroxyl groups excluding tert-OH is 1. The average Bonchev–Trinajstić information content (AvgIpc) is 3.47. The number of carbonyl (C=O) groups excluding carboxylic acids is 1. The molecule has 1 saturated heterocycles. The van der Waals surface area contributed by atoms with Crippen molar-refractivity contribution < 1.29 is 24.1 Å². The third-order valence-electron chi connectivity index (χ3n) is 14.4. The minimum Gasteiger partial charge on any atom is -0.624 e. The van der Waals surface area contributed by atoms with Crippen LogP contribution in [0.25, 0.3) is 0 Å². The van der Waals surface area contributed by atoms with E-state index in [4.69, 9.17) is 9.47 Å². The van der Waals surface area contributed by atoms with Gasteiger partial charge in [-0.2, -0.15) is 0 Å². The molecule has 0 aromatic carbocycles. The number of ether oxygens (including phenoxy) is 2. The van der Waals surface area contributed by atoms with Gasteiger partial charge in [-0.1, -0.05) is 34.1 Å². The second kappa shape index (κ2) is 7.78. The number of fused-ring (bicyclic) bond motifs is 2. The molecule has 0 aromatic heterocycles. The van der Waals surface area contributed by atoms with Crippen LogP contribution in [-0.4, -0.2) is 45.6 Å². The van der Waals surface area contributed by atoms with Gasteiger partial charge in [0.2, 0.25) is 0 Å². The van der Waals surface area contributed by atoms with Crippen LogP contribution < -0.4 is 0 Å². The van der Waals surface area contributed by atoms with E-state index in [0.717, 1.165) is 32.1 Å². The summed E-state index contributed by atoms with van der Waals surface area (Å²) in [4.78, 5) is 12.1. The summed E-state index contributed by atoms with van der Waals surface area (Å²) in [6.45, 7) is 12.9. The van der Waals surface area contributed by atoms with Gasteiger partial charge in [0.05, 0.1) is 16.4 Å². The number of hydrogen-bond acceptors (Lipinski definition) is 5. The molecule has 0 amide bonds. The van der Waals surface area contributed by atoms with Gasteiger partial charge in [-0.05, 0) is 88.4 Å². The number of hydrogen-bond donors (Lipinski definition) is 1. The van der Waals surface area contributed by atoms with Crippen molar-refractivity contribution in [2.45, 2.75) is 136 Å². The zero-order valence-electron chi connectivity index (χ0n) is 24.4. The lowest BCUT2D eigenvalue weighted by Gasteiger charge is -2.69. The first-order valence-electron chi connectivity index (χ1n) is 15.7. The highest BCUT2D eigenvalue weighted by atomic mass is 16.6. The Hall–Kier alpha value is -1.14. The number of carbonyl (C=O) groups is 1. The highest BCUT2D eigenvalue weighted by molar-refractivity contribution is 5.92. The molecule has 0 aromatic rings. The summed E-state index contributed by atoms with van der Waals surface area (Å²) < 4.78 is 13.8. The summed E-state index contributed by atoms with van der Waals surface area (Å²) in [5.41, 5.74) is 0.489. The summed E-state index contributed by atoms with van der Waals surface area (Å²) in [7, 11) is 0. The van der Waals surface area contributed by atoms with Gasteiger partial charge in [0.25, 0.3) is 0 Å². The molecule has 12 atom stereocenters. The van der Waals surface area contributed by atoms with Crippen LogP contribution in [0.1, 0.15) is 112 Å². The molecular formula is C32H49NO5. The molecule has 6 nitrogen and oxygen atoms in total. The minimum absolute atomic E-state index is 0.0696. The van der Waals surface area contributed by atoms with Crippen molar-refractivity contribution in [3.63, 3.8) is 0 Å². The molecule has 5 aliphatic carbocycles. The Morgan fingerprint density at radius 3 is 2.61 bits per heavy atom. The standard InChI is InChI=1S/C32H49NO5/c1-18(2)20-9-14-28(4)21-10-16-31-13-7-8-23(31)32(28,25(20)33(36)26(21)31)17-11-22-29(5)15-12-24(37-19(3)34)30(22,6)27(35)38-29/h18,20-24,26-27,35H,7-17H2,1-6H3/t20-,21?,22+,23-,24+,26?,27-,28?,29+,30-,31-,32?/m1/s1. The Morgan fingerprint density at radius 1 is 1.13 bits per heavy atom. The Balaban J connectivity index is 1.34. The van der Waals surface area contributed by atoms with Crippen molar-refractivity contribution in [3.05, 3.63) is 5.21 Å². The summed E-state index contributed by atoms with van der Waals surface area (Å²) in [5.74, 6) is 1.72. The molecule has 38 heavy (non-hydrogen) atoms. The van der Waals surface area contributed by atoms with Gasteiger partial charge in [0, 0.05) is 30.1 Å². The molecule has 8 aliphatic rings. The number of esters is 1. The van der Waals surface area contributed by atoms with Crippen molar-refractivity contribution in [2.24, 2.45) is 51.2 Å². The summed E-state index contributed by atoms with van der Waals surface area (Å²) in [5, 5.41) is 25.8. The van der Waals surface area contributed by atoms with Crippen LogP contribution in [0.2, 0.25) is 0 Å². The Morgan fingerprint density at radius 2 is 1.89 bits per heavy atom. The Labute approximate surface area is 228 Å². The highest BCUT2D eigenvalue weighted by Crippen LogP contribution is 2.80. The Kier molecular flexibility index (Phi) is 5.28. The lowest BCUT2D eigenvalue weighted by atomic mass is 9.35. The third kappa shape index (κ3) is 2.69. The van der Waals surface area contributed by atoms with Gasteiger partial charge in [-0.3, -0.25) is 4.79 Å². The van der Waals surface area contributed by atoms with E-state index in [1.807, 2.05) is 0 Å². The van der Waals surface area contributed by atoms with Gasteiger partial charge in [0.1, 0.15) is 6.10 Å². The second-order valence-corrected chi connectivity index (χ2v) is 15.6. The van der Waals surface area contributed by atoms with Gasteiger partial charge < -0.3 is 19.8 Å². The van der Waals surface area contributed by atoms with E-state index in [2.05, 4.69) is 34.6 Å². The number of rotatable bonds is 5. The largest absolute Gasteiger partial charge is 0.624 e. The first-order valence-corrected chi connectivity index (χ1v) is 15.7. The number of nitrogens with zero attached hydrogens (tertiary/aromatic N) is 1. The first-order chi connectivity index (χ1) is 17.9. The van der Waals surface area contributed by atoms with Gasteiger partial charge in [-0.25, -0.2) is 4.74 Å². The van der Waals surface area contributed by atoms with Crippen LogP contribution in [0, 0.1) is 56.5 Å². The van der Waals surface area contributed by atoms with Gasteiger partial charge >= 0.3 is 5.97 Å². The fourth-order valence-corrected chi connectivity index (χ4v) is 13.0. The predicted molar refractivity (Wildman–Crippen MR) is 144 cm³/mol. The molecule has 3 heterocycles. The number of hydroxylamine groups is 1. The Bertz CT molecular complexity index is 1090. The van der Waals surface area contributed by atoms with Crippen molar-refractivity contribution >= 4 is 11.7 Å². The monoisotopic (exact) mass is 527 g/mol. The first kappa shape index (κ1) is 25.8. The molecule has 3 aliphatic heterocycles. The lowest BCUT2D eigenvalue weighted by Crippen LogP contribution is -2.75. The van der Waals surface area contributed by atoms with Crippen LogP contribution >= 0.6 is 0 Å². The van der Waals surface area contributed by atoms with Crippen molar-refractivity contribution in [1.29, 1.82) is 0 Å². The van der Waals surface area contributed by atoms with Crippen molar-refractivity contribution in [3.8, 4) is 0 Å². The zero-order valence-corrected chi connectivity index (χ0v) is 24.4. The molecule has 4 unspecified atom stereocenters. The van der Waals surface area contributed by atoms with E-state index < -0.39 is 17.3 Å². The van der Waals surface area contributed by atoms with E-state index >= 15 is 0 Å². The maximum atomic E-state index is 14.6. The molecule has 0 radical (unpaired) electrons. The van der Waals surface area contributed by atoms with E-state index in [-0.39, 0.29) is 40.3 Å². The maximum absolute atomic E-state index is 14.6. The molecule has 8 rings (SSSR count). The smallest absolute Gasteiger partial charge is 0.302 e. The predicted octanol–water partition coefficient (Wildman–Crippen LogP) is 5.82. The van der Waals surface area contributed by atoms with Crippen LogP contribution in [0.3, 0.4) is 0 Å². The van der Waals surface area contributed by atoms with Crippen LogP contribution in [0.15, 0.2) is 0 Å². The van der Waals surface area contributed by atoms with Crippen LogP contribution in [-0.2, 0) is 14.3 Å². The van der Waals surface area contributed by atoms with Crippen LogP contribution in [0.5, 0.6) is 0 Å². The second-order valence-electron chi connectivity index (χ2n) is 15.6. The van der Waals surface area contributed by atoms with E-state index in [0.29, 0.717) is 23.7 Å². The highest BCUT2D eigenvalue weighted by Gasteiger charge is 2.83. The van der Waals surface area contributed by atoms with Gasteiger partial charge in [0.15, 0.2) is 18.0 Å². The van der Waals surface area contributed by atoms with E-state index in [1.54, 1.807) is 4.74 Å². The van der Waals surface area contributed by atoms with Gasteiger partial charge in [-0.15, -0.1) is 0 Å². The molecule has 1 spiro atoms. The summed E-state index contributed by atoms with van der Waals surface area (Å²) >= 11 is 0. The molecule has 8 bridgehead atoms. The molecule has 1 N–H and O–H groups in total. The fraction of sp³-hybridized carbons (Fsp3) is 0.938. The molecular weight excluding hydrogens is 478 g/mol. The molecule has 212 valence electrons. The van der Waals surface area contributed by atoms with E-state index in [9.17, 15) is 15.1 Å². The van der Waals surface area contributed by atoms with Crippen molar-refractivity contribution in [2.75, 3.05) is 0 Å². The minimum atomic E-state index is -0.944. The molecule has 6 fully saturated rings. The summed E-state index contributed by atoms with van der Waals surface area (Å²) in [6.07, 6.45) is 10.7. The lowest BCUT2D eigenvalue weighted by molar-refractivity contribution is -0.572. The summed E-state index contributed by atoms with van der Waals surface area (Å²) in [6, 6.07) is 0.192. The molecule has 6 heteroatoms. The van der Waals surface area contributed by atoms with Crippen LogP contribution in [0.4, 0.5) is 0 Å². The average molecular weight is 528 g/mol. The van der Waals surface area contributed by atoms with Crippen molar-refractivity contribution in [1.82, 2.24) is 0 Å². The molecule has 5 saturated carbocycles. The maximum Gasteiger partial charge on any atom is 0.302 e. The third-order valence-corrected chi connectivity index (χ3v) is 14.4. The van der Waals surface area contributed by atoms with E-state index in [1.165, 1.54) is 51.2 Å². The topological polar surface area (TPSA) is 81.8 Å². The quantitative estimate of drug-likeness (QED) is 0.277.